The Kier molecular flexibility index (Phi) is 3.71. The number of ketones is 1. The fourth-order valence-corrected chi connectivity index (χ4v) is 3.62. The Balaban J connectivity index is 1.71. The van der Waals surface area contributed by atoms with Crippen LogP contribution in [-0.2, 0) is 18.9 Å². The van der Waals surface area contributed by atoms with Gasteiger partial charge in [0, 0.05) is 37.6 Å². The highest BCUT2D eigenvalue weighted by atomic mass is 16.1. The summed E-state index contributed by atoms with van der Waals surface area (Å²) in [4.78, 5) is 13.1. The summed E-state index contributed by atoms with van der Waals surface area (Å²) in [5.74, 6) is 1.28. The summed E-state index contributed by atoms with van der Waals surface area (Å²) >= 11 is 0. The number of hydrogen-bond acceptors (Lipinski definition) is 3. The maximum atomic E-state index is 13.1. The molecule has 5 heteroatoms. The Morgan fingerprint density at radius 3 is 2.17 bits per heavy atom. The fourth-order valence-electron chi connectivity index (χ4n) is 3.62. The van der Waals surface area contributed by atoms with Crippen LogP contribution in [0.3, 0.4) is 0 Å². The summed E-state index contributed by atoms with van der Waals surface area (Å²) in [6.07, 6.45) is 12.0. The molecule has 5 nitrogen and oxygen atoms in total. The van der Waals surface area contributed by atoms with Gasteiger partial charge in [-0.1, -0.05) is 0 Å². The van der Waals surface area contributed by atoms with E-state index in [-0.39, 0.29) is 5.78 Å². The maximum absolute atomic E-state index is 13.1. The quantitative estimate of drug-likeness (QED) is 0.816. The molecule has 2 aromatic rings. The van der Waals surface area contributed by atoms with Gasteiger partial charge >= 0.3 is 0 Å². The monoisotopic (exact) mass is 322 g/mol. The Hall–Kier alpha value is -2.43. The van der Waals surface area contributed by atoms with Crippen LogP contribution in [0.4, 0.5) is 0 Å². The van der Waals surface area contributed by atoms with E-state index in [4.69, 9.17) is 0 Å². The summed E-state index contributed by atoms with van der Waals surface area (Å²) in [7, 11) is 3.82. The first kappa shape index (κ1) is 15.1. The molecule has 0 bridgehead atoms. The molecule has 0 amide bonds. The highest BCUT2D eigenvalue weighted by Crippen LogP contribution is 2.47. The van der Waals surface area contributed by atoms with Gasteiger partial charge in [0.2, 0.25) is 0 Å². The molecule has 0 N–H and O–H groups in total. The van der Waals surface area contributed by atoms with Crippen LogP contribution in [0.5, 0.6) is 0 Å². The van der Waals surface area contributed by atoms with Crippen molar-refractivity contribution in [1.29, 1.82) is 0 Å². The molecule has 0 spiro atoms. The molecule has 0 saturated heterocycles. The standard InChI is InChI=1S/C19H22N4O/c1-22-15(7-9-20-22)11-14-5-6-17(13-3-4-13)18(19(14)24)12-16-8-10-21-23(16)2/h7-13,17H,3-6H2,1-2H3/b14-11+,18-12-/t17-/m0/s1. The van der Waals surface area contributed by atoms with Crippen LogP contribution in [0, 0.1) is 11.8 Å². The van der Waals surface area contributed by atoms with Gasteiger partial charge in [-0.15, -0.1) is 0 Å². The predicted molar refractivity (Wildman–Crippen MR) is 92.8 cm³/mol. The van der Waals surface area contributed by atoms with Crippen molar-refractivity contribution in [3.05, 3.63) is 47.1 Å². The number of nitrogens with zero attached hydrogens (tertiary/aromatic N) is 4. The Morgan fingerprint density at radius 2 is 1.62 bits per heavy atom. The number of carbonyl (C=O) groups is 1. The normalized spacial score (nSPS) is 24.9. The van der Waals surface area contributed by atoms with Crippen molar-refractivity contribution in [2.75, 3.05) is 0 Å². The third-order valence-corrected chi connectivity index (χ3v) is 5.21. The van der Waals surface area contributed by atoms with E-state index < -0.39 is 0 Å². The molecule has 2 saturated carbocycles. The molecule has 0 radical (unpaired) electrons. The largest absolute Gasteiger partial charge is 0.289 e. The topological polar surface area (TPSA) is 52.7 Å². The second kappa shape index (κ2) is 5.89. The number of hydrogen-bond donors (Lipinski definition) is 0. The second-order valence-corrected chi connectivity index (χ2v) is 6.84. The lowest BCUT2D eigenvalue weighted by Crippen LogP contribution is -2.23. The minimum absolute atomic E-state index is 0.195. The first-order chi connectivity index (χ1) is 11.6. The van der Waals surface area contributed by atoms with Gasteiger partial charge in [0.15, 0.2) is 5.78 Å². The van der Waals surface area contributed by atoms with E-state index in [1.807, 2.05) is 37.0 Å². The summed E-state index contributed by atoms with van der Waals surface area (Å²) < 4.78 is 3.63. The molecule has 2 fully saturated rings. The second-order valence-electron chi connectivity index (χ2n) is 6.84. The SMILES string of the molecule is Cn1nccc1/C=C1\C(=O)/C(=C/c2ccnn2C)CC[C@H]1C1CC1. The zero-order chi connectivity index (χ0) is 16.7. The lowest BCUT2D eigenvalue weighted by Gasteiger charge is -2.26. The van der Waals surface area contributed by atoms with Gasteiger partial charge in [-0.2, -0.15) is 10.2 Å². The highest BCUT2D eigenvalue weighted by Gasteiger charge is 2.39. The molecule has 1 atom stereocenters. The molecule has 0 aliphatic heterocycles. The lowest BCUT2D eigenvalue weighted by molar-refractivity contribution is -0.113. The van der Waals surface area contributed by atoms with E-state index in [0.29, 0.717) is 11.8 Å². The number of aromatic nitrogens is 4. The van der Waals surface area contributed by atoms with Gasteiger partial charge in [-0.05, 0) is 61.8 Å². The summed E-state index contributed by atoms with van der Waals surface area (Å²) in [6.45, 7) is 0. The third kappa shape index (κ3) is 2.75. The van der Waals surface area contributed by atoms with Crippen LogP contribution >= 0.6 is 0 Å². The fraction of sp³-hybridized carbons (Fsp3) is 0.421. The van der Waals surface area contributed by atoms with E-state index >= 15 is 0 Å². The van der Waals surface area contributed by atoms with Crippen molar-refractivity contribution in [2.45, 2.75) is 25.7 Å². The number of Topliss-reactive ketones (excluding diaryl/α,β-unsaturated/α-hetero) is 1. The average molecular weight is 322 g/mol. The average Bonchev–Trinajstić information content (AvgIpc) is 3.21. The van der Waals surface area contributed by atoms with E-state index in [1.54, 1.807) is 17.1 Å². The van der Waals surface area contributed by atoms with Crippen molar-refractivity contribution in [2.24, 2.45) is 25.9 Å². The molecule has 2 aromatic heterocycles. The zero-order valence-electron chi connectivity index (χ0n) is 14.1. The zero-order valence-corrected chi connectivity index (χ0v) is 14.1. The Labute approximate surface area is 141 Å². The molecule has 2 aliphatic carbocycles. The van der Waals surface area contributed by atoms with E-state index in [9.17, 15) is 4.79 Å². The van der Waals surface area contributed by atoms with Crippen LogP contribution in [0.2, 0.25) is 0 Å². The van der Waals surface area contributed by atoms with Crippen LogP contribution in [0.25, 0.3) is 12.2 Å². The molecule has 2 heterocycles. The Morgan fingerprint density at radius 1 is 1.00 bits per heavy atom. The summed E-state index contributed by atoms with van der Waals surface area (Å²) in [5, 5.41) is 8.40. The highest BCUT2D eigenvalue weighted by molar-refractivity contribution is 6.14. The molecule has 4 rings (SSSR count). The van der Waals surface area contributed by atoms with Gasteiger partial charge in [0.05, 0.1) is 11.4 Å². The number of allylic oxidation sites excluding steroid dienone is 2. The van der Waals surface area contributed by atoms with Gasteiger partial charge < -0.3 is 0 Å². The number of carbonyl (C=O) groups excluding carboxylic acids is 1. The van der Waals surface area contributed by atoms with Gasteiger partial charge in [0.25, 0.3) is 0 Å². The van der Waals surface area contributed by atoms with E-state index in [1.165, 1.54) is 12.8 Å². The molecule has 24 heavy (non-hydrogen) atoms. The molecule has 0 unspecified atom stereocenters. The molecular weight excluding hydrogens is 300 g/mol. The third-order valence-electron chi connectivity index (χ3n) is 5.21. The lowest BCUT2D eigenvalue weighted by atomic mass is 9.77. The predicted octanol–water partition coefficient (Wildman–Crippen LogP) is 3.01. The van der Waals surface area contributed by atoms with E-state index in [2.05, 4.69) is 16.3 Å². The van der Waals surface area contributed by atoms with E-state index in [0.717, 1.165) is 35.4 Å². The minimum atomic E-state index is 0.195. The molecular formula is C19H22N4O. The maximum Gasteiger partial charge on any atom is 0.185 e. The van der Waals surface area contributed by atoms with Crippen molar-refractivity contribution in [3.63, 3.8) is 0 Å². The van der Waals surface area contributed by atoms with Crippen molar-refractivity contribution < 1.29 is 4.79 Å². The first-order valence-electron chi connectivity index (χ1n) is 8.56. The summed E-state index contributed by atoms with van der Waals surface area (Å²) in [6, 6.07) is 3.90. The number of aryl methyl sites for hydroxylation is 2. The van der Waals surface area contributed by atoms with Gasteiger partial charge in [-0.3, -0.25) is 14.2 Å². The minimum Gasteiger partial charge on any atom is -0.289 e. The van der Waals surface area contributed by atoms with Crippen LogP contribution in [0.15, 0.2) is 35.7 Å². The Bertz CT molecular complexity index is 835. The van der Waals surface area contributed by atoms with Crippen LogP contribution in [0.1, 0.15) is 37.1 Å². The first-order valence-corrected chi connectivity index (χ1v) is 8.56. The van der Waals surface area contributed by atoms with Crippen molar-refractivity contribution >= 4 is 17.9 Å². The molecule has 0 aromatic carbocycles. The number of rotatable bonds is 3. The van der Waals surface area contributed by atoms with Crippen LogP contribution < -0.4 is 0 Å². The molecule has 2 aliphatic rings. The van der Waals surface area contributed by atoms with Crippen molar-refractivity contribution in [3.8, 4) is 0 Å². The van der Waals surface area contributed by atoms with Crippen molar-refractivity contribution in [1.82, 2.24) is 19.6 Å². The van der Waals surface area contributed by atoms with Crippen LogP contribution in [-0.4, -0.2) is 25.3 Å². The smallest absolute Gasteiger partial charge is 0.185 e. The molecule has 124 valence electrons. The van der Waals surface area contributed by atoms with Gasteiger partial charge in [0.1, 0.15) is 0 Å². The van der Waals surface area contributed by atoms with Gasteiger partial charge in [-0.25, -0.2) is 0 Å². The summed E-state index contributed by atoms with van der Waals surface area (Å²) in [5.41, 5.74) is 3.82.